The summed E-state index contributed by atoms with van der Waals surface area (Å²) in [5.74, 6) is -1.23. The van der Waals surface area contributed by atoms with E-state index < -0.39 is 17.5 Å². The zero-order valence-corrected chi connectivity index (χ0v) is 18.1. The van der Waals surface area contributed by atoms with Crippen LogP contribution in [0, 0.1) is 0 Å². The van der Waals surface area contributed by atoms with Crippen molar-refractivity contribution in [1.82, 2.24) is 20.9 Å². The zero-order valence-electron chi connectivity index (χ0n) is 18.1. The molecule has 0 saturated carbocycles. The Balaban J connectivity index is 1.51. The molecule has 0 radical (unpaired) electrons. The number of hydrogen-bond donors (Lipinski definition) is 4. The highest BCUT2D eigenvalue weighted by Gasteiger charge is 2.40. The van der Waals surface area contributed by atoms with E-state index in [4.69, 9.17) is 0 Å². The maximum atomic E-state index is 12.9. The molecule has 2 heterocycles. The normalized spacial score (nSPS) is 20.9. The summed E-state index contributed by atoms with van der Waals surface area (Å²) in [7, 11) is 0. The average Bonchev–Trinajstić information content (AvgIpc) is 3.44. The van der Waals surface area contributed by atoms with Crippen LogP contribution in [0.4, 0.5) is 5.69 Å². The Morgan fingerprint density at radius 2 is 1.84 bits per heavy atom. The van der Waals surface area contributed by atoms with Crippen LogP contribution in [0.2, 0.25) is 0 Å². The Hall–Kier alpha value is -2.94. The van der Waals surface area contributed by atoms with Gasteiger partial charge in [0.1, 0.15) is 11.6 Å². The van der Waals surface area contributed by atoms with E-state index in [0.717, 1.165) is 25.8 Å². The first-order valence-corrected chi connectivity index (χ1v) is 10.8. The van der Waals surface area contributed by atoms with Crippen LogP contribution in [0.3, 0.4) is 0 Å². The monoisotopic (exact) mass is 429 g/mol. The van der Waals surface area contributed by atoms with Gasteiger partial charge in [-0.2, -0.15) is 0 Å². The number of nitrogens with zero attached hydrogens (tertiary/aromatic N) is 1. The summed E-state index contributed by atoms with van der Waals surface area (Å²) >= 11 is 0. The standard InChI is InChI=1S/C22H31N5O4/c1-22(2,21(31)24-14-18(28)25-15-8-4-3-5-9-15)26-19(29)17-11-7-13-27(17)20(30)16-10-6-12-23-16/h3-5,8-9,16-17,23H,6-7,10-14H2,1-2H3,(H,24,31)(H,25,28)(H,26,29)/t16-,17+/m1/s1. The Morgan fingerprint density at radius 3 is 2.52 bits per heavy atom. The summed E-state index contributed by atoms with van der Waals surface area (Å²) in [5.41, 5.74) is -0.593. The van der Waals surface area contributed by atoms with Crippen LogP contribution in [0.5, 0.6) is 0 Å². The minimum atomic E-state index is -1.23. The maximum Gasteiger partial charge on any atom is 0.245 e. The Labute approximate surface area is 182 Å². The van der Waals surface area contributed by atoms with E-state index in [1.54, 1.807) is 43.0 Å². The van der Waals surface area contributed by atoms with Crippen LogP contribution in [-0.4, -0.2) is 65.8 Å². The molecule has 4 N–H and O–H groups in total. The fourth-order valence-corrected chi connectivity index (χ4v) is 3.95. The van der Waals surface area contributed by atoms with E-state index in [0.29, 0.717) is 18.7 Å². The highest BCUT2D eigenvalue weighted by atomic mass is 16.2. The van der Waals surface area contributed by atoms with Crippen LogP contribution in [0.25, 0.3) is 0 Å². The molecule has 2 aliphatic heterocycles. The molecule has 2 saturated heterocycles. The largest absolute Gasteiger partial charge is 0.345 e. The van der Waals surface area contributed by atoms with Crippen molar-refractivity contribution in [2.45, 2.75) is 57.2 Å². The third-order valence-corrected chi connectivity index (χ3v) is 5.67. The third kappa shape index (κ3) is 5.81. The fraction of sp³-hybridized carbons (Fsp3) is 0.545. The summed E-state index contributed by atoms with van der Waals surface area (Å²) in [6, 6.07) is 8.13. The smallest absolute Gasteiger partial charge is 0.245 e. The summed E-state index contributed by atoms with van der Waals surface area (Å²) in [6.45, 7) is 4.30. The molecular weight excluding hydrogens is 398 g/mol. The SMILES string of the molecule is CC(C)(NC(=O)[C@@H]1CCCN1C(=O)[C@H]1CCCN1)C(=O)NCC(=O)Nc1ccccc1. The average molecular weight is 430 g/mol. The minimum Gasteiger partial charge on any atom is -0.345 e. The van der Waals surface area contributed by atoms with Crippen molar-refractivity contribution >= 4 is 29.3 Å². The van der Waals surface area contributed by atoms with Crippen LogP contribution in [0.15, 0.2) is 30.3 Å². The predicted octanol–water partition coefficient (Wildman–Crippen LogP) is 0.379. The molecule has 168 valence electrons. The number of carbonyl (C=O) groups excluding carboxylic acids is 4. The van der Waals surface area contributed by atoms with Crippen LogP contribution < -0.4 is 21.3 Å². The van der Waals surface area contributed by atoms with E-state index >= 15 is 0 Å². The van der Waals surface area contributed by atoms with Gasteiger partial charge in [0, 0.05) is 12.2 Å². The number of amides is 4. The van der Waals surface area contributed by atoms with E-state index in [1.807, 2.05) is 6.07 Å². The first-order chi connectivity index (χ1) is 14.8. The Kier molecular flexibility index (Phi) is 7.27. The molecule has 4 amide bonds. The molecule has 1 aromatic carbocycles. The molecule has 2 aliphatic rings. The van der Waals surface area contributed by atoms with Gasteiger partial charge in [0.05, 0.1) is 12.6 Å². The number of carbonyl (C=O) groups is 4. The summed E-state index contributed by atoms with van der Waals surface area (Å²) in [4.78, 5) is 51.9. The lowest BCUT2D eigenvalue weighted by Crippen LogP contribution is -2.60. The van der Waals surface area contributed by atoms with Crippen LogP contribution >= 0.6 is 0 Å². The van der Waals surface area contributed by atoms with Gasteiger partial charge in [-0.1, -0.05) is 18.2 Å². The van der Waals surface area contributed by atoms with Crippen LogP contribution in [-0.2, 0) is 19.2 Å². The molecule has 0 aliphatic carbocycles. The lowest BCUT2D eigenvalue weighted by molar-refractivity contribution is -0.141. The molecule has 0 aromatic heterocycles. The van der Waals surface area contributed by atoms with Gasteiger partial charge in [-0.15, -0.1) is 0 Å². The van der Waals surface area contributed by atoms with Gasteiger partial charge in [-0.05, 0) is 58.2 Å². The molecule has 0 bridgehead atoms. The predicted molar refractivity (Wildman–Crippen MR) is 116 cm³/mol. The molecule has 31 heavy (non-hydrogen) atoms. The lowest BCUT2D eigenvalue weighted by atomic mass is 10.0. The van der Waals surface area contributed by atoms with Crippen molar-refractivity contribution < 1.29 is 19.2 Å². The topological polar surface area (TPSA) is 120 Å². The second kappa shape index (κ2) is 9.91. The number of rotatable bonds is 7. The van der Waals surface area contributed by atoms with Gasteiger partial charge in [0.2, 0.25) is 23.6 Å². The highest BCUT2D eigenvalue weighted by molar-refractivity contribution is 5.98. The van der Waals surface area contributed by atoms with Crippen molar-refractivity contribution in [3.05, 3.63) is 30.3 Å². The molecule has 3 rings (SSSR count). The molecular formula is C22H31N5O4. The molecule has 2 atom stereocenters. The van der Waals surface area contributed by atoms with E-state index in [9.17, 15) is 19.2 Å². The van der Waals surface area contributed by atoms with Crippen molar-refractivity contribution in [2.75, 3.05) is 25.0 Å². The van der Waals surface area contributed by atoms with Crippen molar-refractivity contribution in [1.29, 1.82) is 0 Å². The lowest BCUT2D eigenvalue weighted by Gasteiger charge is -2.31. The molecule has 0 spiro atoms. The highest BCUT2D eigenvalue weighted by Crippen LogP contribution is 2.21. The van der Waals surface area contributed by atoms with Crippen molar-refractivity contribution in [2.24, 2.45) is 0 Å². The summed E-state index contributed by atoms with van der Waals surface area (Å²) in [6.07, 6.45) is 3.05. The zero-order chi connectivity index (χ0) is 22.4. The second-order valence-corrected chi connectivity index (χ2v) is 8.55. The fourth-order valence-electron chi connectivity index (χ4n) is 3.95. The van der Waals surface area contributed by atoms with Gasteiger partial charge in [-0.25, -0.2) is 0 Å². The number of likely N-dealkylation sites (tertiary alicyclic amines) is 1. The number of hydrogen-bond acceptors (Lipinski definition) is 5. The van der Waals surface area contributed by atoms with Gasteiger partial charge >= 0.3 is 0 Å². The van der Waals surface area contributed by atoms with Crippen molar-refractivity contribution in [3.8, 4) is 0 Å². The summed E-state index contributed by atoms with van der Waals surface area (Å²) in [5, 5.41) is 11.2. The number of anilines is 1. The molecule has 1 aromatic rings. The van der Waals surface area contributed by atoms with E-state index in [-0.39, 0.29) is 30.3 Å². The third-order valence-electron chi connectivity index (χ3n) is 5.67. The Morgan fingerprint density at radius 1 is 1.10 bits per heavy atom. The number of para-hydroxylation sites is 1. The molecule has 0 unspecified atom stereocenters. The van der Waals surface area contributed by atoms with Gasteiger partial charge in [0.15, 0.2) is 0 Å². The molecule has 9 nitrogen and oxygen atoms in total. The van der Waals surface area contributed by atoms with Gasteiger partial charge < -0.3 is 26.2 Å². The first-order valence-electron chi connectivity index (χ1n) is 10.8. The van der Waals surface area contributed by atoms with E-state index in [2.05, 4.69) is 21.3 Å². The number of nitrogens with one attached hydrogen (secondary N) is 4. The van der Waals surface area contributed by atoms with Gasteiger partial charge in [-0.3, -0.25) is 19.2 Å². The minimum absolute atomic E-state index is 0.0463. The van der Waals surface area contributed by atoms with E-state index in [1.165, 1.54) is 0 Å². The summed E-state index contributed by atoms with van der Waals surface area (Å²) < 4.78 is 0. The van der Waals surface area contributed by atoms with Crippen molar-refractivity contribution in [3.63, 3.8) is 0 Å². The Bertz CT molecular complexity index is 820. The second-order valence-electron chi connectivity index (χ2n) is 8.55. The molecule has 9 heteroatoms. The van der Waals surface area contributed by atoms with Crippen LogP contribution in [0.1, 0.15) is 39.5 Å². The quantitative estimate of drug-likeness (QED) is 0.500. The maximum absolute atomic E-state index is 12.9. The molecule has 2 fully saturated rings. The number of benzene rings is 1. The van der Waals surface area contributed by atoms with Gasteiger partial charge in [0.25, 0.3) is 0 Å². The first kappa shape index (κ1) is 22.7.